The van der Waals surface area contributed by atoms with Crippen molar-refractivity contribution in [2.75, 3.05) is 19.6 Å². The molecule has 80 valence electrons. The van der Waals surface area contributed by atoms with Crippen LogP contribution in [0.4, 0.5) is 0 Å². The maximum Gasteiger partial charge on any atom is 0.166 e. The van der Waals surface area contributed by atoms with Gasteiger partial charge in [0.05, 0.1) is 0 Å². The van der Waals surface area contributed by atoms with Crippen molar-refractivity contribution in [2.45, 2.75) is 38.3 Å². The summed E-state index contributed by atoms with van der Waals surface area (Å²) < 4.78 is 0. The lowest BCUT2D eigenvalue weighted by atomic mass is 10.1. The molecule has 0 aromatic heterocycles. The first-order valence-electron chi connectivity index (χ1n) is 5.59. The lowest BCUT2D eigenvalue weighted by Gasteiger charge is -2.22. The van der Waals surface area contributed by atoms with Crippen molar-refractivity contribution in [3.63, 3.8) is 0 Å². The molecule has 0 aliphatic carbocycles. The Kier molecular flexibility index (Phi) is 3.23. The predicted molar refractivity (Wildman–Crippen MR) is 62.4 cm³/mol. The zero-order valence-electron chi connectivity index (χ0n) is 8.75. The largest absolute Gasteiger partial charge is 0.363 e. The maximum atomic E-state index is 5.21. The van der Waals surface area contributed by atoms with Gasteiger partial charge in [-0.05, 0) is 44.9 Å². The molecule has 2 heterocycles. The van der Waals surface area contributed by atoms with Crippen LogP contribution in [0.1, 0.15) is 26.2 Å². The minimum atomic E-state index is 0.587. The number of hydrogen-bond acceptors (Lipinski definition) is 2. The second kappa shape index (κ2) is 4.45. The van der Waals surface area contributed by atoms with Crippen molar-refractivity contribution < 1.29 is 0 Å². The fraction of sp³-hybridized carbons (Fsp3) is 0.900. The zero-order chi connectivity index (χ0) is 9.97. The summed E-state index contributed by atoms with van der Waals surface area (Å²) in [5.41, 5.74) is 0. The van der Waals surface area contributed by atoms with E-state index in [0.717, 1.165) is 17.7 Å². The first-order chi connectivity index (χ1) is 6.81. The maximum absolute atomic E-state index is 5.21. The van der Waals surface area contributed by atoms with Crippen LogP contribution in [0.5, 0.6) is 0 Å². The zero-order valence-corrected chi connectivity index (χ0v) is 9.57. The average Bonchev–Trinajstić information content (AvgIpc) is 2.70. The molecule has 0 aromatic carbocycles. The van der Waals surface area contributed by atoms with Gasteiger partial charge < -0.3 is 10.6 Å². The molecule has 0 radical (unpaired) electrons. The van der Waals surface area contributed by atoms with Gasteiger partial charge in [-0.1, -0.05) is 0 Å². The van der Waals surface area contributed by atoms with Crippen molar-refractivity contribution >= 4 is 17.3 Å². The lowest BCUT2D eigenvalue weighted by molar-refractivity contribution is 0.308. The SMILES string of the molecule is CCNC(=S)NC1CCN2CCCC12. The third-order valence-corrected chi connectivity index (χ3v) is 3.52. The predicted octanol–water partition coefficient (Wildman–Crippen LogP) is 0.707. The summed E-state index contributed by atoms with van der Waals surface area (Å²) in [5, 5.41) is 7.41. The fourth-order valence-corrected chi connectivity index (χ4v) is 2.93. The van der Waals surface area contributed by atoms with E-state index in [-0.39, 0.29) is 0 Å². The first kappa shape index (κ1) is 10.2. The van der Waals surface area contributed by atoms with Crippen molar-refractivity contribution in [3.8, 4) is 0 Å². The summed E-state index contributed by atoms with van der Waals surface area (Å²) in [7, 11) is 0. The van der Waals surface area contributed by atoms with E-state index in [0.29, 0.717) is 6.04 Å². The highest BCUT2D eigenvalue weighted by molar-refractivity contribution is 7.80. The third-order valence-electron chi connectivity index (χ3n) is 3.26. The number of nitrogens with one attached hydrogen (secondary N) is 2. The van der Waals surface area contributed by atoms with Crippen molar-refractivity contribution in [1.82, 2.24) is 15.5 Å². The van der Waals surface area contributed by atoms with Crippen LogP contribution in [0.2, 0.25) is 0 Å². The van der Waals surface area contributed by atoms with Crippen molar-refractivity contribution in [1.29, 1.82) is 0 Å². The van der Waals surface area contributed by atoms with Gasteiger partial charge in [0, 0.05) is 25.2 Å². The van der Waals surface area contributed by atoms with Crippen LogP contribution in [-0.4, -0.2) is 41.7 Å². The van der Waals surface area contributed by atoms with E-state index in [9.17, 15) is 0 Å². The molecule has 2 N–H and O–H groups in total. The van der Waals surface area contributed by atoms with Crippen LogP contribution in [-0.2, 0) is 0 Å². The van der Waals surface area contributed by atoms with Gasteiger partial charge in [-0.3, -0.25) is 4.90 Å². The Balaban J connectivity index is 1.83. The van der Waals surface area contributed by atoms with E-state index in [1.54, 1.807) is 0 Å². The van der Waals surface area contributed by atoms with E-state index in [2.05, 4.69) is 22.5 Å². The Morgan fingerprint density at radius 3 is 3.07 bits per heavy atom. The minimum absolute atomic E-state index is 0.587. The molecule has 2 saturated heterocycles. The molecule has 14 heavy (non-hydrogen) atoms. The van der Waals surface area contributed by atoms with Gasteiger partial charge in [0.2, 0.25) is 0 Å². The molecule has 0 amide bonds. The normalized spacial score (nSPS) is 31.5. The lowest BCUT2D eigenvalue weighted by Crippen LogP contribution is -2.46. The molecule has 3 nitrogen and oxygen atoms in total. The summed E-state index contributed by atoms with van der Waals surface area (Å²) >= 11 is 5.21. The molecular weight excluding hydrogens is 194 g/mol. The van der Waals surface area contributed by atoms with Gasteiger partial charge in [-0.25, -0.2) is 0 Å². The van der Waals surface area contributed by atoms with Crippen LogP contribution in [0.3, 0.4) is 0 Å². The molecule has 2 fully saturated rings. The van der Waals surface area contributed by atoms with E-state index in [1.165, 1.54) is 32.4 Å². The molecule has 2 aliphatic heterocycles. The van der Waals surface area contributed by atoms with Gasteiger partial charge >= 0.3 is 0 Å². The second-order valence-electron chi connectivity index (χ2n) is 4.14. The monoisotopic (exact) mass is 213 g/mol. The summed E-state index contributed by atoms with van der Waals surface area (Å²) in [6.07, 6.45) is 3.94. The van der Waals surface area contributed by atoms with Gasteiger partial charge in [0.1, 0.15) is 0 Å². The highest BCUT2D eigenvalue weighted by atomic mass is 32.1. The molecule has 2 rings (SSSR count). The number of thiocarbonyl (C=S) groups is 1. The van der Waals surface area contributed by atoms with Gasteiger partial charge in [0.15, 0.2) is 5.11 Å². The fourth-order valence-electron chi connectivity index (χ4n) is 2.63. The number of fused-ring (bicyclic) bond motifs is 1. The van der Waals surface area contributed by atoms with E-state index < -0.39 is 0 Å². The van der Waals surface area contributed by atoms with Crippen molar-refractivity contribution in [2.24, 2.45) is 0 Å². The average molecular weight is 213 g/mol. The summed E-state index contributed by atoms with van der Waals surface area (Å²) in [5.74, 6) is 0. The van der Waals surface area contributed by atoms with Crippen LogP contribution < -0.4 is 10.6 Å². The third kappa shape index (κ3) is 2.01. The summed E-state index contributed by atoms with van der Waals surface area (Å²) in [6, 6.07) is 1.33. The standard InChI is InChI=1S/C10H19N3S/c1-2-11-10(14)12-8-5-7-13-6-3-4-9(8)13/h8-9H,2-7H2,1H3,(H2,11,12,14). The minimum Gasteiger partial charge on any atom is -0.363 e. The highest BCUT2D eigenvalue weighted by Gasteiger charge is 2.37. The smallest absolute Gasteiger partial charge is 0.166 e. The van der Waals surface area contributed by atoms with Gasteiger partial charge in [0.25, 0.3) is 0 Å². The van der Waals surface area contributed by atoms with Crippen molar-refractivity contribution in [3.05, 3.63) is 0 Å². The van der Waals surface area contributed by atoms with Crippen LogP contribution in [0.15, 0.2) is 0 Å². The summed E-state index contributed by atoms with van der Waals surface area (Å²) in [4.78, 5) is 2.59. The Labute approximate surface area is 91.2 Å². The molecule has 2 unspecified atom stereocenters. The number of hydrogen-bond donors (Lipinski definition) is 2. The van der Waals surface area contributed by atoms with Gasteiger partial charge in [-0.2, -0.15) is 0 Å². The quantitative estimate of drug-likeness (QED) is 0.661. The summed E-state index contributed by atoms with van der Waals surface area (Å²) in [6.45, 7) is 5.52. The molecule has 2 aliphatic rings. The Bertz CT molecular complexity index is 219. The van der Waals surface area contributed by atoms with E-state index in [4.69, 9.17) is 12.2 Å². The van der Waals surface area contributed by atoms with Crippen LogP contribution >= 0.6 is 12.2 Å². The van der Waals surface area contributed by atoms with E-state index >= 15 is 0 Å². The molecule has 0 aromatic rings. The highest BCUT2D eigenvalue weighted by Crippen LogP contribution is 2.27. The number of rotatable bonds is 2. The van der Waals surface area contributed by atoms with Crippen LogP contribution in [0.25, 0.3) is 0 Å². The number of nitrogens with zero attached hydrogens (tertiary/aromatic N) is 1. The first-order valence-corrected chi connectivity index (χ1v) is 6.00. The van der Waals surface area contributed by atoms with Gasteiger partial charge in [-0.15, -0.1) is 0 Å². The Morgan fingerprint density at radius 2 is 2.29 bits per heavy atom. The second-order valence-corrected chi connectivity index (χ2v) is 4.55. The van der Waals surface area contributed by atoms with Crippen LogP contribution in [0, 0.1) is 0 Å². The molecule has 4 heteroatoms. The molecule has 0 bridgehead atoms. The molecule has 0 saturated carbocycles. The Morgan fingerprint density at radius 1 is 1.43 bits per heavy atom. The Hall–Kier alpha value is -0.350. The topological polar surface area (TPSA) is 27.3 Å². The van der Waals surface area contributed by atoms with E-state index in [1.807, 2.05) is 0 Å². The molecule has 0 spiro atoms. The molecular formula is C10H19N3S. The molecule has 2 atom stereocenters.